The van der Waals surface area contributed by atoms with Crippen LogP contribution >= 0.6 is 0 Å². The molecule has 0 aliphatic heterocycles. The number of para-hydroxylation sites is 2. The third-order valence-electron chi connectivity index (χ3n) is 3.32. The van der Waals surface area contributed by atoms with Crippen LogP contribution < -0.4 is 15.6 Å². The number of hydrogen-bond donors (Lipinski definition) is 2. The molecule has 0 spiro atoms. The van der Waals surface area contributed by atoms with Crippen LogP contribution in [-0.2, 0) is 11.2 Å². The van der Waals surface area contributed by atoms with Crippen LogP contribution in [0.15, 0.2) is 29.1 Å². The molecular weight excluding hydrogens is 320 g/mol. The van der Waals surface area contributed by atoms with Crippen LogP contribution in [0.3, 0.4) is 0 Å². The van der Waals surface area contributed by atoms with Crippen molar-refractivity contribution in [2.45, 2.75) is 33.3 Å². The number of nitrogens with zero attached hydrogens (tertiary/aromatic N) is 1. The van der Waals surface area contributed by atoms with Gasteiger partial charge in [-0.2, -0.15) is 8.78 Å². The number of carbonyl (C=O) groups excluding carboxylic acids is 1. The predicted molar refractivity (Wildman–Crippen MR) is 84.4 cm³/mol. The molecule has 6 nitrogen and oxygen atoms in total. The molecule has 0 saturated heterocycles. The molecule has 24 heavy (non-hydrogen) atoms. The molecule has 2 N–H and O–H groups in total. The van der Waals surface area contributed by atoms with Crippen LogP contribution in [0.2, 0.25) is 0 Å². The van der Waals surface area contributed by atoms with Gasteiger partial charge in [0, 0.05) is 17.7 Å². The number of nitrogens with one attached hydrogen (secondary N) is 2. The highest BCUT2D eigenvalue weighted by Crippen LogP contribution is 2.25. The van der Waals surface area contributed by atoms with E-state index >= 15 is 0 Å². The SMILES string of the molecule is Cc1nc(C)c(CCC(=O)Nc2ccccc2OC(F)F)c(=O)[nH]1. The second-order valence-corrected chi connectivity index (χ2v) is 5.14. The van der Waals surface area contributed by atoms with E-state index in [-0.39, 0.29) is 29.8 Å². The molecule has 2 aromatic rings. The first-order valence-corrected chi connectivity index (χ1v) is 7.27. The Morgan fingerprint density at radius 3 is 2.71 bits per heavy atom. The minimum absolute atomic E-state index is 0.0116. The summed E-state index contributed by atoms with van der Waals surface area (Å²) in [5.41, 5.74) is 0.850. The summed E-state index contributed by atoms with van der Waals surface area (Å²) in [6, 6.07) is 5.91. The Hall–Kier alpha value is -2.77. The molecule has 2 rings (SSSR count). The van der Waals surface area contributed by atoms with E-state index in [2.05, 4.69) is 20.0 Å². The van der Waals surface area contributed by atoms with Crippen molar-refractivity contribution in [3.63, 3.8) is 0 Å². The van der Waals surface area contributed by atoms with Crippen molar-refractivity contribution in [1.82, 2.24) is 9.97 Å². The lowest BCUT2D eigenvalue weighted by molar-refractivity contribution is -0.116. The van der Waals surface area contributed by atoms with Gasteiger partial charge in [-0.15, -0.1) is 0 Å². The number of aromatic amines is 1. The van der Waals surface area contributed by atoms with E-state index in [0.717, 1.165) is 0 Å². The molecular formula is C16H17F2N3O3. The second kappa shape index (κ2) is 7.67. The van der Waals surface area contributed by atoms with Crippen LogP contribution in [-0.4, -0.2) is 22.5 Å². The molecule has 0 fully saturated rings. The van der Waals surface area contributed by atoms with Crippen molar-refractivity contribution in [2.75, 3.05) is 5.32 Å². The first-order chi connectivity index (χ1) is 11.4. The zero-order valence-electron chi connectivity index (χ0n) is 13.2. The van der Waals surface area contributed by atoms with Gasteiger partial charge in [0.15, 0.2) is 0 Å². The lowest BCUT2D eigenvalue weighted by Gasteiger charge is -2.11. The second-order valence-electron chi connectivity index (χ2n) is 5.14. The number of halogens is 2. The highest BCUT2D eigenvalue weighted by molar-refractivity contribution is 5.92. The Bertz CT molecular complexity index is 790. The number of amides is 1. The quantitative estimate of drug-likeness (QED) is 0.848. The Kier molecular flexibility index (Phi) is 5.62. The highest BCUT2D eigenvalue weighted by atomic mass is 19.3. The molecule has 1 aromatic carbocycles. The van der Waals surface area contributed by atoms with E-state index < -0.39 is 12.5 Å². The third-order valence-corrected chi connectivity index (χ3v) is 3.32. The van der Waals surface area contributed by atoms with E-state index in [1.807, 2.05) is 0 Å². The standard InChI is InChI=1S/C16H17F2N3O3/c1-9-11(15(23)20-10(2)19-9)7-8-14(22)21-12-5-3-4-6-13(12)24-16(17)18/h3-6,16H,7-8H2,1-2H3,(H,21,22)(H,19,20,23). The number of aryl methyl sites for hydroxylation is 2. The molecule has 0 aliphatic carbocycles. The molecule has 0 atom stereocenters. The summed E-state index contributed by atoms with van der Waals surface area (Å²) in [4.78, 5) is 30.6. The molecule has 0 unspecified atom stereocenters. The fraction of sp³-hybridized carbons (Fsp3) is 0.312. The summed E-state index contributed by atoms with van der Waals surface area (Å²) in [5.74, 6) is -0.0321. The topological polar surface area (TPSA) is 84.1 Å². The van der Waals surface area contributed by atoms with Crippen molar-refractivity contribution < 1.29 is 18.3 Å². The molecule has 0 saturated carbocycles. The number of rotatable bonds is 6. The molecule has 0 radical (unpaired) electrons. The van der Waals surface area contributed by atoms with E-state index in [1.165, 1.54) is 18.2 Å². The third kappa shape index (κ3) is 4.61. The van der Waals surface area contributed by atoms with Gasteiger partial charge in [0.25, 0.3) is 5.56 Å². The van der Waals surface area contributed by atoms with E-state index in [1.54, 1.807) is 19.9 Å². The zero-order valence-corrected chi connectivity index (χ0v) is 13.2. The lowest BCUT2D eigenvalue weighted by Crippen LogP contribution is -2.20. The normalized spacial score (nSPS) is 10.7. The number of aromatic nitrogens is 2. The number of hydrogen-bond acceptors (Lipinski definition) is 4. The van der Waals surface area contributed by atoms with E-state index in [4.69, 9.17) is 0 Å². The molecule has 0 bridgehead atoms. The van der Waals surface area contributed by atoms with Crippen LogP contribution in [0.5, 0.6) is 5.75 Å². The highest BCUT2D eigenvalue weighted by Gasteiger charge is 2.13. The minimum Gasteiger partial charge on any atom is -0.433 e. The fourth-order valence-corrected chi connectivity index (χ4v) is 2.27. The first-order valence-electron chi connectivity index (χ1n) is 7.27. The smallest absolute Gasteiger partial charge is 0.387 e. The Balaban J connectivity index is 2.04. The maximum absolute atomic E-state index is 12.3. The average molecular weight is 337 g/mol. The van der Waals surface area contributed by atoms with Gasteiger partial charge in [0.2, 0.25) is 5.91 Å². The maximum Gasteiger partial charge on any atom is 0.387 e. The van der Waals surface area contributed by atoms with Crippen LogP contribution in [0.4, 0.5) is 14.5 Å². The van der Waals surface area contributed by atoms with Gasteiger partial charge in [-0.05, 0) is 32.4 Å². The number of benzene rings is 1. The van der Waals surface area contributed by atoms with E-state index in [0.29, 0.717) is 17.1 Å². The van der Waals surface area contributed by atoms with Gasteiger partial charge < -0.3 is 15.0 Å². The van der Waals surface area contributed by atoms with Gasteiger partial charge in [0.1, 0.15) is 11.6 Å². The summed E-state index contributed by atoms with van der Waals surface area (Å²) in [7, 11) is 0. The molecule has 1 heterocycles. The van der Waals surface area contributed by atoms with Crippen LogP contribution in [0.1, 0.15) is 23.5 Å². The van der Waals surface area contributed by atoms with Crippen LogP contribution in [0.25, 0.3) is 0 Å². The van der Waals surface area contributed by atoms with E-state index in [9.17, 15) is 18.4 Å². The number of alkyl halides is 2. The number of anilines is 1. The molecule has 0 aliphatic rings. The fourth-order valence-electron chi connectivity index (χ4n) is 2.27. The minimum atomic E-state index is -2.98. The molecule has 8 heteroatoms. The van der Waals surface area contributed by atoms with Gasteiger partial charge in [0.05, 0.1) is 5.69 Å². The summed E-state index contributed by atoms with van der Waals surface area (Å²) < 4.78 is 29.0. The van der Waals surface area contributed by atoms with Crippen molar-refractivity contribution in [3.05, 3.63) is 51.7 Å². The van der Waals surface area contributed by atoms with Crippen molar-refractivity contribution >= 4 is 11.6 Å². The summed E-state index contributed by atoms with van der Waals surface area (Å²) in [5, 5.41) is 2.51. The summed E-state index contributed by atoms with van der Waals surface area (Å²) >= 11 is 0. The maximum atomic E-state index is 12.3. The van der Waals surface area contributed by atoms with Crippen molar-refractivity contribution in [2.24, 2.45) is 0 Å². The number of H-pyrrole nitrogens is 1. The largest absolute Gasteiger partial charge is 0.433 e. The zero-order chi connectivity index (χ0) is 17.7. The summed E-state index contributed by atoms with van der Waals surface area (Å²) in [6.45, 7) is 0.384. The molecule has 128 valence electrons. The Morgan fingerprint density at radius 2 is 2.04 bits per heavy atom. The monoisotopic (exact) mass is 337 g/mol. The molecule has 1 aromatic heterocycles. The van der Waals surface area contributed by atoms with Crippen LogP contribution in [0, 0.1) is 13.8 Å². The van der Waals surface area contributed by atoms with Crippen molar-refractivity contribution in [1.29, 1.82) is 0 Å². The number of carbonyl (C=O) groups is 1. The first kappa shape index (κ1) is 17.6. The predicted octanol–water partition coefficient (Wildman–Crippen LogP) is 2.56. The summed E-state index contributed by atoms with van der Waals surface area (Å²) in [6.07, 6.45) is 0.204. The van der Waals surface area contributed by atoms with Gasteiger partial charge in [-0.1, -0.05) is 12.1 Å². The van der Waals surface area contributed by atoms with Gasteiger partial charge in [-0.3, -0.25) is 9.59 Å². The lowest BCUT2D eigenvalue weighted by atomic mass is 10.1. The van der Waals surface area contributed by atoms with Gasteiger partial charge in [-0.25, -0.2) is 4.98 Å². The number of ether oxygens (including phenoxy) is 1. The average Bonchev–Trinajstić information content (AvgIpc) is 2.47. The Labute approximate surface area is 136 Å². The van der Waals surface area contributed by atoms with Gasteiger partial charge >= 0.3 is 6.61 Å². The Morgan fingerprint density at radius 1 is 1.33 bits per heavy atom. The molecule has 1 amide bonds. The van der Waals surface area contributed by atoms with Crippen molar-refractivity contribution in [3.8, 4) is 5.75 Å².